The first kappa shape index (κ1) is 15.3. The number of aromatic nitrogens is 1. The molecule has 5 nitrogen and oxygen atoms in total. The molecule has 0 spiro atoms. The van der Waals surface area contributed by atoms with Gasteiger partial charge >= 0.3 is 0 Å². The van der Waals surface area contributed by atoms with Crippen LogP contribution in [-0.4, -0.2) is 36.6 Å². The maximum Gasteiger partial charge on any atom is 0.161 e. The van der Waals surface area contributed by atoms with Crippen LogP contribution in [0, 0.1) is 0 Å². The molecule has 1 aromatic rings. The van der Waals surface area contributed by atoms with Crippen molar-refractivity contribution in [2.45, 2.75) is 19.4 Å². The molecule has 4 N–H and O–H groups in total. The molecule has 0 aliphatic carbocycles. The largest absolute Gasteiger partial charge is 0.366 e. The van der Waals surface area contributed by atoms with E-state index >= 15 is 0 Å². The number of rotatable bonds is 6. The summed E-state index contributed by atoms with van der Waals surface area (Å²) in [4.78, 5) is 6.36. The van der Waals surface area contributed by atoms with E-state index in [4.69, 9.17) is 29.0 Å². The molecule has 1 unspecified atom stereocenters. The van der Waals surface area contributed by atoms with E-state index in [1.165, 1.54) is 0 Å². The van der Waals surface area contributed by atoms with Crippen LogP contribution in [-0.2, 0) is 0 Å². The molecule has 1 heterocycles. The fourth-order valence-electron chi connectivity index (χ4n) is 1.43. The lowest BCUT2D eigenvalue weighted by Gasteiger charge is -2.18. The van der Waals surface area contributed by atoms with Crippen molar-refractivity contribution >= 4 is 34.8 Å². The summed E-state index contributed by atoms with van der Waals surface area (Å²) >= 11 is 12.0. The molecule has 0 saturated heterocycles. The van der Waals surface area contributed by atoms with E-state index in [0.717, 1.165) is 13.0 Å². The Morgan fingerprint density at radius 3 is 2.50 bits per heavy atom. The summed E-state index contributed by atoms with van der Waals surface area (Å²) in [6.45, 7) is 3.06. The first-order valence-electron chi connectivity index (χ1n) is 5.68. The molecule has 0 fully saturated rings. The van der Waals surface area contributed by atoms with Gasteiger partial charge in [-0.1, -0.05) is 23.2 Å². The predicted octanol–water partition coefficient (Wildman–Crippen LogP) is 2.43. The zero-order valence-corrected chi connectivity index (χ0v) is 12.3. The summed E-state index contributed by atoms with van der Waals surface area (Å²) in [5.74, 6) is 6.31. The summed E-state index contributed by atoms with van der Waals surface area (Å²) in [5, 5.41) is 4.12. The summed E-state index contributed by atoms with van der Waals surface area (Å²) in [6.07, 6.45) is 0.985. The van der Waals surface area contributed by atoms with Crippen molar-refractivity contribution in [2.75, 3.05) is 31.4 Å². The second-order valence-electron chi connectivity index (χ2n) is 4.43. The maximum atomic E-state index is 6.08. The molecule has 7 heteroatoms. The van der Waals surface area contributed by atoms with E-state index in [1.54, 1.807) is 6.07 Å². The average molecular weight is 292 g/mol. The molecule has 18 heavy (non-hydrogen) atoms. The monoisotopic (exact) mass is 291 g/mol. The Morgan fingerprint density at radius 1 is 1.33 bits per heavy atom. The molecular formula is C11H19Cl2N5. The number of halogens is 2. The number of nitrogens with one attached hydrogen (secondary N) is 2. The highest BCUT2D eigenvalue weighted by molar-refractivity contribution is 6.37. The van der Waals surface area contributed by atoms with Crippen molar-refractivity contribution in [3.8, 4) is 0 Å². The van der Waals surface area contributed by atoms with E-state index in [9.17, 15) is 0 Å². The molecule has 0 aromatic carbocycles. The van der Waals surface area contributed by atoms with Gasteiger partial charge in [-0.05, 0) is 40.1 Å². The van der Waals surface area contributed by atoms with Gasteiger partial charge in [-0.3, -0.25) is 0 Å². The van der Waals surface area contributed by atoms with Crippen LogP contribution >= 0.6 is 23.2 Å². The van der Waals surface area contributed by atoms with E-state index in [0.29, 0.717) is 21.7 Å². The summed E-state index contributed by atoms with van der Waals surface area (Å²) in [6, 6.07) is 1.87. The average Bonchev–Trinajstić information content (AvgIpc) is 2.30. The standard InChI is InChI=1S/C11H19Cl2N5/c1-7(4-5-18(2)3)15-10-8(12)6-9(13)11(16-10)17-14/h6-7H,4-5,14H2,1-3H3,(H2,15,16,17). The Bertz CT molecular complexity index is 397. The Labute approximate surface area is 118 Å². The number of nitrogens with zero attached hydrogens (tertiary/aromatic N) is 2. The van der Waals surface area contributed by atoms with Gasteiger partial charge in [-0.25, -0.2) is 10.8 Å². The molecule has 1 aromatic heterocycles. The highest BCUT2D eigenvalue weighted by Crippen LogP contribution is 2.29. The molecule has 0 aliphatic rings. The van der Waals surface area contributed by atoms with Gasteiger partial charge in [0.15, 0.2) is 5.82 Å². The van der Waals surface area contributed by atoms with Crippen molar-refractivity contribution < 1.29 is 0 Å². The van der Waals surface area contributed by atoms with Crippen molar-refractivity contribution in [2.24, 2.45) is 5.84 Å². The number of nitrogens with two attached hydrogens (primary N) is 1. The minimum atomic E-state index is 0.254. The number of hydrogen-bond donors (Lipinski definition) is 3. The van der Waals surface area contributed by atoms with Gasteiger partial charge in [0.05, 0.1) is 10.0 Å². The quantitative estimate of drug-likeness (QED) is 0.555. The van der Waals surface area contributed by atoms with Gasteiger partial charge in [-0.2, -0.15) is 0 Å². The van der Waals surface area contributed by atoms with Crippen LogP contribution in [0.2, 0.25) is 10.0 Å². The number of hydrogen-bond acceptors (Lipinski definition) is 5. The third kappa shape index (κ3) is 4.49. The minimum absolute atomic E-state index is 0.254. The first-order valence-corrected chi connectivity index (χ1v) is 6.43. The van der Waals surface area contributed by atoms with Crippen LogP contribution in [0.15, 0.2) is 6.07 Å². The Hall–Kier alpha value is -0.750. The summed E-state index contributed by atoms with van der Waals surface area (Å²) in [5.41, 5.74) is 2.44. The van der Waals surface area contributed by atoms with Gasteiger partial charge in [0.1, 0.15) is 5.82 Å². The lowest BCUT2D eigenvalue weighted by Crippen LogP contribution is -2.23. The minimum Gasteiger partial charge on any atom is -0.366 e. The van der Waals surface area contributed by atoms with E-state index in [2.05, 4.69) is 27.6 Å². The van der Waals surface area contributed by atoms with Crippen LogP contribution in [0.1, 0.15) is 13.3 Å². The van der Waals surface area contributed by atoms with Crippen molar-refractivity contribution in [3.05, 3.63) is 16.1 Å². The van der Waals surface area contributed by atoms with Crippen molar-refractivity contribution in [1.29, 1.82) is 0 Å². The fraction of sp³-hybridized carbons (Fsp3) is 0.545. The summed E-state index contributed by atoms with van der Waals surface area (Å²) < 4.78 is 0. The second kappa shape index (κ2) is 6.99. The van der Waals surface area contributed by atoms with Crippen LogP contribution in [0.5, 0.6) is 0 Å². The first-order chi connectivity index (χ1) is 8.43. The third-order valence-electron chi connectivity index (χ3n) is 2.46. The van der Waals surface area contributed by atoms with Gasteiger partial charge in [0.2, 0.25) is 0 Å². The van der Waals surface area contributed by atoms with E-state index < -0.39 is 0 Å². The zero-order valence-electron chi connectivity index (χ0n) is 10.8. The molecule has 0 radical (unpaired) electrons. The van der Waals surface area contributed by atoms with Crippen LogP contribution in [0.3, 0.4) is 0 Å². The van der Waals surface area contributed by atoms with Gasteiger partial charge in [0.25, 0.3) is 0 Å². The fourth-order valence-corrected chi connectivity index (χ4v) is 1.89. The Morgan fingerprint density at radius 2 is 1.94 bits per heavy atom. The highest BCUT2D eigenvalue weighted by atomic mass is 35.5. The molecule has 0 bridgehead atoms. The van der Waals surface area contributed by atoms with Gasteiger partial charge in [-0.15, -0.1) is 0 Å². The van der Waals surface area contributed by atoms with Crippen molar-refractivity contribution in [1.82, 2.24) is 9.88 Å². The molecular weight excluding hydrogens is 273 g/mol. The lowest BCUT2D eigenvalue weighted by molar-refractivity contribution is 0.390. The second-order valence-corrected chi connectivity index (χ2v) is 5.25. The van der Waals surface area contributed by atoms with E-state index in [-0.39, 0.29) is 6.04 Å². The lowest BCUT2D eigenvalue weighted by atomic mass is 10.2. The third-order valence-corrected chi connectivity index (χ3v) is 3.03. The molecule has 0 amide bonds. The molecule has 0 aliphatic heterocycles. The van der Waals surface area contributed by atoms with Crippen LogP contribution < -0.4 is 16.6 Å². The molecule has 1 atom stereocenters. The zero-order chi connectivity index (χ0) is 13.7. The number of nitrogen functional groups attached to an aromatic ring is 1. The normalized spacial score (nSPS) is 12.6. The number of anilines is 2. The Balaban J connectivity index is 2.71. The molecule has 1 rings (SSSR count). The summed E-state index contributed by atoms with van der Waals surface area (Å²) in [7, 11) is 4.08. The number of hydrazine groups is 1. The smallest absolute Gasteiger partial charge is 0.161 e. The van der Waals surface area contributed by atoms with Crippen molar-refractivity contribution in [3.63, 3.8) is 0 Å². The van der Waals surface area contributed by atoms with Crippen LogP contribution in [0.4, 0.5) is 11.6 Å². The van der Waals surface area contributed by atoms with Gasteiger partial charge < -0.3 is 15.6 Å². The SMILES string of the molecule is CC(CCN(C)C)Nc1nc(NN)c(Cl)cc1Cl. The topological polar surface area (TPSA) is 66.2 Å². The van der Waals surface area contributed by atoms with Crippen LogP contribution in [0.25, 0.3) is 0 Å². The highest BCUT2D eigenvalue weighted by Gasteiger charge is 2.11. The maximum absolute atomic E-state index is 6.08. The number of pyridine rings is 1. The van der Waals surface area contributed by atoms with E-state index in [1.807, 2.05) is 14.1 Å². The Kier molecular flexibility index (Phi) is 5.95. The van der Waals surface area contributed by atoms with Gasteiger partial charge in [0, 0.05) is 6.04 Å². The molecule has 102 valence electrons. The molecule has 0 saturated carbocycles. The predicted molar refractivity (Wildman–Crippen MR) is 78.3 cm³/mol.